The zero-order valence-electron chi connectivity index (χ0n) is 28.2. The first-order valence-corrected chi connectivity index (χ1v) is 16.6. The summed E-state index contributed by atoms with van der Waals surface area (Å²) >= 11 is 0. The summed E-state index contributed by atoms with van der Waals surface area (Å²) in [5.74, 6) is 1.47. The van der Waals surface area contributed by atoms with E-state index in [0.29, 0.717) is 23.1 Å². The number of methoxy groups -OCH3 is 1. The number of amides is 2. The van der Waals surface area contributed by atoms with E-state index in [1.54, 1.807) is 7.11 Å². The SMILES string of the molecule is COC1CCN(C2=NC3(CCC(C(C)(C)C)CC3)N([C@H](CCC(C)(C)C)c3ccc(C(=O)NCc4nn[nH]n4)cc3)C2=O)CC1. The first kappa shape index (κ1) is 33.0. The molecule has 1 saturated heterocycles. The first-order chi connectivity index (χ1) is 21.3. The number of hydrogen-bond acceptors (Lipinski definition) is 8. The Balaban J connectivity index is 1.45. The lowest BCUT2D eigenvalue weighted by atomic mass is 9.69. The zero-order chi connectivity index (χ0) is 32.4. The van der Waals surface area contributed by atoms with Gasteiger partial charge in [0.2, 0.25) is 0 Å². The van der Waals surface area contributed by atoms with Crippen LogP contribution in [0, 0.1) is 16.7 Å². The molecule has 3 aliphatic rings. The largest absolute Gasteiger partial charge is 0.381 e. The second-order valence-electron chi connectivity index (χ2n) is 15.4. The number of aromatic amines is 1. The van der Waals surface area contributed by atoms with Crippen molar-refractivity contribution in [1.82, 2.24) is 35.7 Å². The van der Waals surface area contributed by atoms with E-state index in [9.17, 15) is 9.59 Å². The fraction of sp³-hybridized carbons (Fsp3) is 0.706. The number of hydrogen-bond donors (Lipinski definition) is 2. The number of piperidine rings is 1. The molecule has 11 nitrogen and oxygen atoms in total. The van der Waals surface area contributed by atoms with Crippen LogP contribution in [0.4, 0.5) is 0 Å². The lowest BCUT2D eigenvalue weighted by molar-refractivity contribution is -0.134. The van der Waals surface area contributed by atoms with Crippen LogP contribution >= 0.6 is 0 Å². The van der Waals surface area contributed by atoms with Crippen LogP contribution in [-0.4, -0.2) is 80.0 Å². The number of aromatic nitrogens is 4. The van der Waals surface area contributed by atoms with Gasteiger partial charge in [-0.3, -0.25) is 9.59 Å². The Morgan fingerprint density at radius 1 is 1.07 bits per heavy atom. The molecule has 1 spiro atoms. The van der Waals surface area contributed by atoms with E-state index < -0.39 is 5.66 Å². The number of benzene rings is 1. The molecule has 2 aliphatic heterocycles. The van der Waals surface area contributed by atoms with Crippen molar-refractivity contribution < 1.29 is 14.3 Å². The normalized spacial score (nSPS) is 23.8. The number of rotatable bonds is 8. The molecule has 1 aromatic carbocycles. The van der Waals surface area contributed by atoms with Crippen LogP contribution in [0.25, 0.3) is 0 Å². The van der Waals surface area contributed by atoms with Crippen molar-refractivity contribution in [3.63, 3.8) is 0 Å². The summed E-state index contributed by atoms with van der Waals surface area (Å²) in [6.07, 6.45) is 7.59. The number of nitrogens with zero attached hydrogens (tertiary/aromatic N) is 6. The van der Waals surface area contributed by atoms with Crippen molar-refractivity contribution in [2.24, 2.45) is 21.7 Å². The lowest BCUT2D eigenvalue weighted by Gasteiger charge is -2.47. The molecular weight excluding hydrogens is 568 g/mol. The van der Waals surface area contributed by atoms with Crippen molar-refractivity contribution in [2.45, 2.75) is 117 Å². The van der Waals surface area contributed by atoms with Crippen LogP contribution in [0.2, 0.25) is 0 Å². The van der Waals surface area contributed by atoms with Crippen molar-refractivity contribution in [3.8, 4) is 0 Å². The highest BCUT2D eigenvalue weighted by Gasteiger charge is 2.53. The molecule has 0 unspecified atom stereocenters. The number of likely N-dealkylation sites (tertiary alicyclic amines) is 1. The molecule has 5 rings (SSSR count). The topological polar surface area (TPSA) is 129 Å². The average molecular weight is 621 g/mol. The van der Waals surface area contributed by atoms with Crippen LogP contribution in [-0.2, 0) is 16.1 Å². The molecule has 1 aliphatic carbocycles. The summed E-state index contributed by atoms with van der Waals surface area (Å²) in [5.41, 5.74) is 1.33. The van der Waals surface area contributed by atoms with Gasteiger partial charge in [-0.05, 0) is 85.8 Å². The highest BCUT2D eigenvalue weighted by Crippen LogP contribution is 2.50. The Hall–Kier alpha value is -3.34. The van der Waals surface area contributed by atoms with Crippen molar-refractivity contribution in [1.29, 1.82) is 0 Å². The molecule has 3 heterocycles. The minimum absolute atomic E-state index is 0.0425. The van der Waals surface area contributed by atoms with Gasteiger partial charge in [0, 0.05) is 25.8 Å². The minimum Gasteiger partial charge on any atom is -0.381 e. The summed E-state index contributed by atoms with van der Waals surface area (Å²) in [6, 6.07) is 7.58. The molecule has 1 aromatic heterocycles. The molecule has 1 saturated carbocycles. The molecule has 2 aromatic rings. The van der Waals surface area contributed by atoms with E-state index in [-0.39, 0.29) is 41.3 Å². The number of nitrogens with one attached hydrogen (secondary N) is 2. The number of aliphatic imine (C=N–C) groups is 1. The first-order valence-electron chi connectivity index (χ1n) is 16.6. The average Bonchev–Trinajstić information content (AvgIpc) is 3.62. The fourth-order valence-corrected chi connectivity index (χ4v) is 7.23. The van der Waals surface area contributed by atoms with E-state index in [1.807, 2.05) is 24.3 Å². The molecule has 2 N–H and O–H groups in total. The van der Waals surface area contributed by atoms with Crippen LogP contribution in [0.5, 0.6) is 0 Å². The molecule has 45 heavy (non-hydrogen) atoms. The summed E-state index contributed by atoms with van der Waals surface area (Å²) in [6.45, 7) is 15.5. The van der Waals surface area contributed by atoms with Crippen LogP contribution in [0.1, 0.15) is 121 Å². The van der Waals surface area contributed by atoms with Crippen LogP contribution < -0.4 is 5.32 Å². The molecule has 0 radical (unpaired) electrons. The summed E-state index contributed by atoms with van der Waals surface area (Å²) in [5, 5.41) is 16.6. The predicted octanol–water partition coefficient (Wildman–Crippen LogP) is 5.28. The molecule has 1 atom stereocenters. The van der Waals surface area contributed by atoms with Gasteiger partial charge in [0.1, 0.15) is 5.66 Å². The Bertz CT molecular complexity index is 1330. The molecule has 11 heteroatoms. The van der Waals surface area contributed by atoms with E-state index in [0.717, 1.165) is 70.0 Å². The third-order valence-corrected chi connectivity index (χ3v) is 10.1. The van der Waals surface area contributed by atoms with E-state index in [1.165, 1.54) is 0 Å². The monoisotopic (exact) mass is 620 g/mol. The maximum atomic E-state index is 14.7. The predicted molar refractivity (Wildman–Crippen MR) is 173 cm³/mol. The van der Waals surface area contributed by atoms with Crippen molar-refractivity contribution >= 4 is 17.6 Å². The number of amidine groups is 1. The maximum Gasteiger partial charge on any atom is 0.291 e. The van der Waals surface area contributed by atoms with Gasteiger partial charge in [-0.15, -0.1) is 10.2 Å². The number of tetrazole rings is 1. The molecule has 0 bridgehead atoms. The third-order valence-electron chi connectivity index (χ3n) is 10.1. The summed E-state index contributed by atoms with van der Waals surface area (Å²) in [7, 11) is 1.77. The highest BCUT2D eigenvalue weighted by atomic mass is 16.5. The van der Waals surface area contributed by atoms with Gasteiger partial charge >= 0.3 is 0 Å². The summed E-state index contributed by atoms with van der Waals surface area (Å²) < 4.78 is 5.62. The number of carbonyl (C=O) groups excluding carboxylic acids is 2. The Labute approximate surface area is 267 Å². The number of carbonyl (C=O) groups is 2. The Morgan fingerprint density at radius 3 is 2.29 bits per heavy atom. The van der Waals surface area contributed by atoms with Gasteiger partial charge in [-0.1, -0.05) is 58.9 Å². The number of ether oxygens (including phenoxy) is 1. The van der Waals surface area contributed by atoms with Crippen molar-refractivity contribution in [2.75, 3.05) is 20.2 Å². The second-order valence-corrected chi connectivity index (χ2v) is 15.4. The van der Waals surface area contributed by atoms with E-state index in [4.69, 9.17) is 9.73 Å². The van der Waals surface area contributed by atoms with Crippen LogP contribution in [0.3, 0.4) is 0 Å². The standard InChI is InChI=1S/C34H52N8O3/c1-32(2,3)17-14-27(23-8-10-24(11-9-23)30(43)35-22-28-37-39-40-38-28)42-31(44)29(41-20-15-26(45-7)16-21-41)36-34(42)18-12-25(13-19-34)33(4,5)6/h8-11,25-27H,12-22H2,1-7H3,(H,35,43)(H,37,38,39,40)/t25?,27-,34?/m1/s1. The third kappa shape index (κ3) is 7.56. The molecule has 2 fully saturated rings. The highest BCUT2D eigenvalue weighted by molar-refractivity contribution is 6.39. The van der Waals surface area contributed by atoms with Crippen LogP contribution in [0.15, 0.2) is 29.3 Å². The maximum absolute atomic E-state index is 14.7. The quantitative estimate of drug-likeness (QED) is 0.411. The molecule has 246 valence electrons. The second kappa shape index (κ2) is 13.2. The van der Waals surface area contributed by atoms with Crippen molar-refractivity contribution in [3.05, 3.63) is 41.2 Å². The molecule has 2 amide bonds. The smallest absolute Gasteiger partial charge is 0.291 e. The zero-order valence-corrected chi connectivity index (χ0v) is 28.2. The Kier molecular flexibility index (Phi) is 9.68. The summed E-state index contributed by atoms with van der Waals surface area (Å²) in [4.78, 5) is 37.3. The van der Waals surface area contributed by atoms with Gasteiger partial charge < -0.3 is 19.9 Å². The lowest BCUT2D eigenvalue weighted by Crippen LogP contribution is -2.52. The Morgan fingerprint density at radius 2 is 1.73 bits per heavy atom. The van der Waals surface area contributed by atoms with E-state index in [2.05, 4.69) is 77.3 Å². The van der Waals surface area contributed by atoms with Gasteiger partial charge in [0.25, 0.3) is 11.8 Å². The number of H-pyrrole nitrogens is 1. The minimum atomic E-state index is -0.560. The van der Waals surface area contributed by atoms with Gasteiger partial charge in [-0.2, -0.15) is 5.21 Å². The molecular formula is C34H52N8O3. The van der Waals surface area contributed by atoms with Gasteiger partial charge in [0.05, 0.1) is 18.7 Å². The van der Waals surface area contributed by atoms with Gasteiger partial charge in [-0.25, -0.2) is 4.99 Å². The fourth-order valence-electron chi connectivity index (χ4n) is 7.23. The van der Waals surface area contributed by atoms with Gasteiger partial charge in [0.15, 0.2) is 11.7 Å². The van der Waals surface area contributed by atoms with E-state index >= 15 is 0 Å².